The van der Waals surface area contributed by atoms with Crippen LogP contribution >= 0.6 is 0 Å². The zero-order chi connectivity index (χ0) is 17.2. The van der Waals surface area contributed by atoms with E-state index >= 15 is 0 Å². The van der Waals surface area contributed by atoms with Gasteiger partial charge < -0.3 is 19.7 Å². The van der Waals surface area contributed by atoms with Crippen molar-refractivity contribution in [2.24, 2.45) is 0 Å². The number of rotatable bonds is 9. The highest BCUT2D eigenvalue weighted by atomic mass is 16.5. The summed E-state index contributed by atoms with van der Waals surface area (Å²) in [5, 5.41) is 3.25. The van der Waals surface area contributed by atoms with Crippen LogP contribution in [-0.2, 0) is 4.79 Å². The summed E-state index contributed by atoms with van der Waals surface area (Å²) in [5.74, 6) is 1.88. The van der Waals surface area contributed by atoms with E-state index in [4.69, 9.17) is 9.47 Å². The molecule has 1 saturated heterocycles. The van der Waals surface area contributed by atoms with Crippen LogP contribution in [0.25, 0.3) is 0 Å². The molecule has 24 heavy (non-hydrogen) atoms. The van der Waals surface area contributed by atoms with Crippen molar-refractivity contribution in [1.82, 2.24) is 15.1 Å². The Morgan fingerprint density at radius 1 is 1.12 bits per heavy atom. The van der Waals surface area contributed by atoms with Gasteiger partial charge in [0.1, 0.15) is 18.1 Å². The van der Waals surface area contributed by atoms with Gasteiger partial charge in [0, 0.05) is 32.7 Å². The highest BCUT2D eigenvalue weighted by molar-refractivity contribution is 5.78. The van der Waals surface area contributed by atoms with Crippen molar-refractivity contribution in [2.45, 2.75) is 13.3 Å². The highest BCUT2D eigenvalue weighted by Gasteiger charge is 2.17. The average Bonchev–Trinajstić information content (AvgIpc) is 2.61. The standard InChI is InChI=1S/C18H29N3O3/c1-3-13-23-16-4-6-17(7-5-16)24-14-12-20(2)15-18(22)21-10-8-19-9-11-21/h4-7,19H,3,8-15H2,1-2H3. The Balaban J connectivity index is 1.64. The Labute approximate surface area is 144 Å². The summed E-state index contributed by atoms with van der Waals surface area (Å²) in [4.78, 5) is 16.1. The third kappa shape index (κ3) is 6.37. The monoisotopic (exact) mass is 335 g/mol. The second kappa shape index (κ2) is 10.2. The molecule has 1 N–H and O–H groups in total. The molecule has 134 valence electrons. The number of hydrogen-bond donors (Lipinski definition) is 1. The van der Waals surface area contributed by atoms with Crippen LogP contribution in [0, 0.1) is 0 Å². The van der Waals surface area contributed by atoms with Crippen LogP contribution in [0.3, 0.4) is 0 Å². The maximum absolute atomic E-state index is 12.2. The van der Waals surface area contributed by atoms with Gasteiger partial charge in [0.2, 0.25) is 5.91 Å². The van der Waals surface area contributed by atoms with Gasteiger partial charge in [-0.3, -0.25) is 9.69 Å². The number of hydrogen-bond acceptors (Lipinski definition) is 5. The zero-order valence-electron chi connectivity index (χ0n) is 14.8. The first-order valence-corrected chi connectivity index (χ1v) is 8.71. The Kier molecular flexibility index (Phi) is 7.85. The lowest BCUT2D eigenvalue weighted by atomic mass is 10.3. The van der Waals surface area contributed by atoms with E-state index in [0.29, 0.717) is 19.7 Å². The number of amides is 1. The first kappa shape index (κ1) is 18.5. The fourth-order valence-corrected chi connectivity index (χ4v) is 2.50. The summed E-state index contributed by atoms with van der Waals surface area (Å²) in [6.07, 6.45) is 0.997. The van der Waals surface area contributed by atoms with Crippen LogP contribution in [-0.4, -0.2) is 75.2 Å². The quantitative estimate of drug-likeness (QED) is 0.735. The van der Waals surface area contributed by atoms with Gasteiger partial charge in [0.05, 0.1) is 13.2 Å². The molecular weight excluding hydrogens is 306 g/mol. The van der Waals surface area contributed by atoms with Crippen LogP contribution < -0.4 is 14.8 Å². The van der Waals surface area contributed by atoms with Crippen molar-refractivity contribution in [3.63, 3.8) is 0 Å². The van der Waals surface area contributed by atoms with Crippen molar-refractivity contribution in [3.05, 3.63) is 24.3 Å². The fraction of sp³-hybridized carbons (Fsp3) is 0.611. The van der Waals surface area contributed by atoms with E-state index in [1.165, 1.54) is 0 Å². The summed E-state index contributed by atoms with van der Waals surface area (Å²) in [7, 11) is 1.95. The van der Waals surface area contributed by atoms with E-state index in [2.05, 4.69) is 12.2 Å². The molecule has 0 radical (unpaired) electrons. The molecule has 1 amide bonds. The molecule has 6 heteroatoms. The molecule has 0 spiro atoms. The Bertz CT molecular complexity index is 487. The Hall–Kier alpha value is -1.79. The van der Waals surface area contributed by atoms with Gasteiger partial charge in [-0.15, -0.1) is 0 Å². The molecule has 2 rings (SSSR count). The van der Waals surface area contributed by atoms with Crippen LogP contribution in [0.15, 0.2) is 24.3 Å². The van der Waals surface area contributed by atoms with Crippen molar-refractivity contribution < 1.29 is 14.3 Å². The molecule has 0 aliphatic carbocycles. The van der Waals surface area contributed by atoms with Gasteiger partial charge >= 0.3 is 0 Å². The van der Waals surface area contributed by atoms with Crippen molar-refractivity contribution in [1.29, 1.82) is 0 Å². The van der Waals surface area contributed by atoms with E-state index in [1.54, 1.807) is 0 Å². The van der Waals surface area contributed by atoms with Crippen LogP contribution in [0.1, 0.15) is 13.3 Å². The Morgan fingerprint density at radius 3 is 2.29 bits per heavy atom. The maximum atomic E-state index is 12.2. The van der Waals surface area contributed by atoms with Gasteiger partial charge in [-0.2, -0.15) is 0 Å². The minimum Gasteiger partial charge on any atom is -0.494 e. The van der Waals surface area contributed by atoms with Crippen molar-refractivity contribution >= 4 is 5.91 Å². The molecule has 1 aliphatic rings. The maximum Gasteiger partial charge on any atom is 0.236 e. The lowest BCUT2D eigenvalue weighted by Gasteiger charge is -2.29. The molecule has 0 atom stereocenters. The van der Waals surface area contributed by atoms with E-state index in [9.17, 15) is 4.79 Å². The number of nitrogens with zero attached hydrogens (tertiary/aromatic N) is 2. The average molecular weight is 335 g/mol. The first-order valence-electron chi connectivity index (χ1n) is 8.71. The summed E-state index contributed by atoms with van der Waals surface area (Å²) in [6, 6.07) is 7.67. The molecule has 0 unspecified atom stereocenters. The third-order valence-electron chi connectivity index (χ3n) is 3.91. The lowest BCUT2D eigenvalue weighted by molar-refractivity contribution is -0.132. The van der Waals surface area contributed by atoms with Crippen LogP contribution in [0.4, 0.5) is 0 Å². The Morgan fingerprint density at radius 2 is 1.71 bits per heavy atom. The summed E-state index contributed by atoms with van der Waals surface area (Å²) in [5.41, 5.74) is 0. The molecule has 1 aliphatic heterocycles. The van der Waals surface area contributed by atoms with Gasteiger partial charge in [-0.25, -0.2) is 0 Å². The minimum absolute atomic E-state index is 0.191. The number of carbonyl (C=O) groups excluding carboxylic acids is 1. The van der Waals surface area contributed by atoms with Crippen LogP contribution in [0.5, 0.6) is 11.5 Å². The second-order valence-corrected chi connectivity index (χ2v) is 6.04. The molecule has 1 aromatic carbocycles. The predicted octanol–water partition coefficient (Wildman–Crippen LogP) is 1.22. The SMILES string of the molecule is CCCOc1ccc(OCCN(C)CC(=O)N2CCNCC2)cc1. The van der Waals surface area contributed by atoms with Crippen molar-refractivity contribution in [3.8, 4) is 11.5 Å². The molecular formula is C18H29N3O3. The first-order chi connectivity index (χ1) is 11.7. The van der Waals surface area contributed by atoms with Gasteiger partial charge in [0.25, 0.3) is 0 Å². The third-order valence-corrected chi connectivity index (χ3v) is 3.91. The largest absolute Gasteiger partial charge is 0.494 e. The summed E-state index contributed by atoms with van der Waals surface area (Å²) in [6.45, 7) is 7.89. The zero-order valence-corrected chi connectivity index (χ0v) is 14.8. The summed E-state index contributed by atoms with van der Waals surface area (Å²) < 4.78 is 11.3. The minimum atomic E-state index is 0.191. The normalized spacial score (nSPS) is 14.7. The highest BCUT2D eigenvalue weighted by Crippen LogP contribution is 2.17. The lowest BCUT2D eigenvalue weighted by Crippen LogP contribution is -2.49. The number of ether oxygens (including phenoxy) is 2. The number of nitrogens with one attached hydrogen (secondary N) is 1. The number of carbonyl (C=O) groups is 1. The van der Waals surface area contributed by atoms with Gasteiger partial charge in [-0.05, 0) is 37.7 Å². The molecule has 1 heterocycles. The second-order valence-electron chi connectivity index (χ2n) is 6.04. The molecule has 0 bridgehead atoms. The molecule has 1 aromatic rings. The molecule has 0 aromatic heterocycles. The smallest absolute Gasteiger partial charge is 0.236 e. The van der Waals surface area contributed by atoms with E-state index in [-0.39, 0.29) is 5.91 Å². The molecule has 6 nitrogen and oxygen atoms in total. The van der Waals surface area contributed by atoms with Crippen molar-refractivity contribution in [2.75, 3.05) is 59.5 Å². The molecule has 0 saturated carbocycles. The van der Waals surface area contributed by atoms with E-state index in [1.807, 2.05) is 41.1 Å². The van der Waals surface area contributed by atoms with Crippen LogP contribution in [0.2, 0.25) is 0 Å². The molecule has 1 fully saturated rings. The topological polar surface area (TPSA) is 54.0 Å². The van der Waals surface area contributed by atoms with E-state index in [0.717, 1.165) is 50.7 Å². The van der Waals surface area contributed by atoms with Gasteiger partial charge in [-0.1, -0.05) is 6.92 Å². The number of likely N-dealkylation sites (N-methyl/N-ethyl adjacent to an activating group) is 1. The predicted molar refractivity (Wildman–Crippen MR) is 94.7 cm³/mol. The van der Waals surface area contributed by atoms with Gasteiger partial charge in [0.15, 0.2) is 0 Å². The number of piperazine rings is 1. The fourth-order valence-electron chi connectivity index (χ4n) is 2.50. The number of benzene rings is 1. The summed E-state index contributed by atoms with van der Waals surface area (Å²) >= 11 is 0. The van der Waals surface area contributed by atoms with E-state index < -0.39 is 0 Å².